The zero-order chi connectivity index (χ0) is 19.0. The van der Waals surface area contributed by atoms with Crippen LogP contribution in [0.2, 0.25) is 0 Å². The summed E-state index contributed by atoms with van der Waals surface area (Å²) >= 11 is 0. The molecule has 1 amide bonds. The lowest BCUT2D eigenvalue weighted by atomic mass is 10.1. The van der Waals surface area contributed by atoms with E-state index in [1.807, 2.05) is 35.2 Å². The number of hydrogen-bond donors (Lipinski definition) is 5. The van der Waals surface area contributed by atoms with E-state index in [1.54, 1.807) is 0 Å². The molecule has 1 aliphatic rings. The summed E-state index contributed by atoms with van der Waals surface area (Å²) in [4.78, 5) is 33.1. The highest BCUT2D eigenvalue weighted by Crippen LogP contribution is 2.18. The van der Waals surface area contributed by atoms with Crippen molar-refractivity contribution in [1.29, 1.82) is 0 Å². The van der Waals surface area contributed by atoms with Gasteiger partial charge in [0.1, 0.15) is 0 Å². The smallest absolute Gasteiger partial charge is 0.335 e. The van der Waals surface area contributed by atoms with Gasteiger partial charge in [-0.05, 0) is 18.0 Å². The van der Waals surface area contributed by atoms with Crippen molar-refractivity contribution in [2.45, 2.75) is 25.2 Å². The molecule has 1 heterocycles. The molecular formula is C16H22N2O7. The fourth-order valence-corrected chi connectivity index (χ4v) is 2.24. The average Bonchev–Trinajstić information content (AvgIpc) is 2.94. The second kappa shape index (κ2) is 9.72. The largest absolute Gasteiger partial charge is 0.479 e. The quantitative estimate of drug-likeness (QED) is 0.429. The molecule has 25 heavy (non-hydrogen) atoms. The van der Waals surface area contributed by atoms with Crippen molar-refractivity contribution in [3.63, 3.8) is 0 Å². The lowest BCUT2D eigenvalue weighted by Gasteiger charge is -2.16. The molecule has 1 saturated heterocycles. The molecule has 3 atom stereocenters. The van der Waals surface area contributed by atoms with Crippen molar-refractivity contribution in [1.82, 2.24) is 4.90 Å². The van der Waals surface area contributed by atoms with Crippen LogP contribution >= 0.6 is 0 Å². The molecule has 6 N–H and O–H groups in total. The van der Waals surface area contributed by atoms with Crippen LogP contribution < -0.4 is 5.73 Å². The van der Waals surface area contributed by atoms with Crippen molar-refractivity contribution in [2.75, 3.05) is 13.1 Å². The first-order valence-electron chi connectivity index (χ1n) is 7.59. The molecule has 0 radical (unpaired) electrons. The highest BCUT2D eigenvalue weighted by atomic mass is 16.4. The maximum Gasteiger partial charge on any atom is 0.335 e. The Hall–Kier alpha value is -2.49. The van der Waals surface area contributed by atoms with Crippen LogP contribution in [0.5, 0.6) is 0 Å². The number of aliphatic hydroxyl groups is 2. The van der Waals surface area contributed by atoms with Crippen molar-refractivity contribution in [3.05, 3.63) is 35.9 Å². The van der Waals surface area contributed by atoms with Gasteiger partial charge in [0.25, 0.3) is 0 Å². The number of amides is 1. The Morgan fingerprint density at radius 3 is 2.04 bits per heavy atom. The van der Waals surface area contributed by atoms with E-state index in [0.29, 0.717) is 18.9 Å². The van der Waals surface area contributed by atoms with Crippen molar-refractivity contribution in [3.8, 4) is 0 Å². The summed E-state index contributed by atoms with van der Waals surface area (Å²) in [7, 11) is 0. The topological polar surface area (TPSA) is 161 Å². The van der Waals surface area contributed by atoms with Gasteiger partial charge in [0.2, 0.25) is 5.91 Å². The number of carbonyl (C=O) groups excluding carboxylic acids is 1. The molecule has 0 saturated carbocycles. The number of likely N-dealkylation sites (tertiary alicyclic amines) is 1. The number of aliphatic hydroxyl groups excluding tert-OH is 2. The fourth-order valence-electron chi connectivity index (χ4n) is 2.24. The number of aliphatic carboxylic acids is 2. The summed E-state index contributed by atoms with van der Waals surface area (Å²) in [6, 6.07) is 10.1. The molecule has 138 valence electrons. The Balaban J connectivity index is 0.000000275. The average molecular weight is 354 g/mol. The van der Waals surface area contributed by atoms with E-state index < -0.39 is 24.1 Å². The van der Waals surface area contributed by atoms with Crippen LogP contribution in [0.4, 0.5) is 0 Å². The van der Waals surface area contributed by atoms with Gasteiger partial charge in [0.15, 0.2) is 12.2 Å². The van der Waals surface area contributed by atoms with Crippen molar-refractivity contribution < 1.29 is 34.8 Å². The molecule has 1 aromatic carbocycles. The highest BCUT2D eigenvalue weighted by Gasteiger charge is 2.29. The monoisotopic (exact) mass is 354 g/mol. The summed E-state index contributed by atoms with van der Waals surface area (Å²) in [5.41, 5.74) is 6.76. The second-order valence-electron chi connectivity index (χ2n) is 5.63. The van der Waals surface area contributed by atoms with Gasteiger partial charge in [0.05, 0.1) is 0 Å². The van der Waals surface area contributed by atoms with Crippen LogP contribution in [-0.4, -0.2) is 68.5 Å². The summed E-state index contributed by atoms with van der Waals surface area (Å²) in [5.74, 6) is -2.96. The van der Waals surface area contributed by atoms with E-state index in [-0.39, 0.29) is 5.91 Å². The number of carboxylic acid groups (broad SMARTS) is 2. The molecule has 9 heteroatoms. The fraction of sp³-hybridized carbons (Fsp3) is 0.438. The predicted molar refractivity (Wildman–Crippen MR) is 86.3 cm³/mol. The van der Waals surface area contributed by atoms with E-state index in [0.717, 1.165) is 13.1 Å². The molecule has 0 spiro atoms. The van der Waals surface area contributed by atoms with Crippen molar-refractivity contribution in [2.24, 2.45) is 11.7 Å². The summed E-state index contributed by atoms with van der Waals surface area (Å²) in [6.45, 7) is 2.14. The molecule has 1 aliphatic heterocycles. The molecule has 0 aliphatic carbocycles. The zero-order valence-corrected chi connectivity index (χ0v) is 13.5. The second-order valence-corrected chi connectivity index (χ2v) is 5.63. The molecule has 0 bridgehead atoms. The van der Waals surface area contributed by atoms with Gasteiger partial charge in [-0.3, -0.25) is 4.79 Å². The number of nitrogens with zero attached hydrogens (tertiary/aromatic N) is 1. The van der Waals surface area contributed by atoms with Gasteiger partial charge in [-0.1, -0.05) is 30.3 Å². The third kappa shape index (κ3) is 6.49. The molecule has 3 unspecified atom stereocenters. The highest BCUT2D eigenvalue weighted by molar-refractivity contribution is 5.83. The van der Waals surface area contributed by atoms with Gasteiger partial charge in [-0.2, -0.15) is 0 Å². The van der Waals surface area contributed by atoms with E-state index in [2.05, 4.69) is 0 Å². The first-order chi connectivity index (χ1) is 11.8. The lowest BCUT2D eigenvalue weighted by molar-refractivity contribution is -0.165. The third-order valence-corrected chi connectivity index (χ3v) is 3.65. The maximum absolute atomic E-state index is 11.6. The van der Waals surface area contributed by atoms with E-state index in [1.165, 1.54) is 5.56 Å². The number of nitrogens with two attached hydrogens (primary N) is 1. The Labute approximate surface area is 144 Å². The minimum atomic E-state index is -2.27. The van der Waals surface area contributed by atoms with Crippen LogP contribution in [0.1, 0.15) is 12.0 Å². The van der Waals surface area contributed by atoms with Gasteiger partial charge in [0, 0.05) is 19.5 Å². The molecule has 1 aromatic rings. The van der Waals surface area contributed by atoms with E-state index in [9.17, 15) is 14.4 Å². The number of hydrogen-bond acceptors (Lipinski definition) is 6. The van der Waals surface area contributed by atoms with Gasteiger partial charge in [-0.25, -0.2) is 9.59 Å². The van der Waals surface area contributed by atoms with E-state index in [4.69, 9.17) is 26.2 Å². The SMILES string of the molecule is NCC1CC(=O)N(Cc2ccccc2)C1.O=C(O)C(O)C(O)C(=O)O. The number of benzene rings is 1. The van der Waals surface area contributed by atoms with Crippen LogP contribution in [0.3, 0.4) is 0 Å². The summed E-state index contributed by atoms with van der Waals surface area (Å²) < 4.78 is 0. The number of carboxylic acids is 2. The van der Waals surface area contributed by atoms with Crippen LogP contribution in [-0.2, 0) is 20.9 Å². The van der Waals surface area contributed by atoms with Crippen LogP contribution in [0.25, 0.3) is 0 Å². The Morgan fingerprint density at radius 1 is 1.12 bits per heavy atom. The minimum absolute atomic E-state index is 0.231. The summed E-state index contributed by atoms with van der Waals surface area (Å²) in [6.07, 6.45) is -3.92. The first-order valence-corrected chi connectivity index (χ1v) is 7.59. The standard InChI is InChI=1S/C12H16N2O.C4H6O6/c13-7-11-6-12(15)14(9-11)8-10-4-2-1-3-5-10;5-1(3(7)8)2(6)4(9)10/h1-5,11H,6-9,13H2;1-2,5-6H,(H,7,8)(H,9,10). The Morgan fingerprint density at radius 2 is 1.64 bits per heavy atom. The molecule has 9 nitrogen and oxygen atoms in total. The first kappa shape index (κ1) is 20.6. The minimum Gasteiger partial charge on any atom is -0.479 e. The zero-order valence-electron chi connectivity index (χ0n) is 13.5. The molecule has 1 fully saturated rings. The molecule has 2 rings (SSSR count). The Bertz CT molecular complexity index is 575. The molecular weight excluding hydrogens is 332 g/mol. The predicted octanol–water partition coefficient (Wildman–Crippen LogP) is -1.13. The summed E-state index contributed by atoms with van der Waals surface area (Å²) in [5, 5.41) is 32.5. The Kier molecular flexibility index (Phi) is 7.99. The van der Waals surface area contributed by atoms with Crippen LogP contribution in [0, 0.1) is 5.92 Å². The number of carbonyl (C=O) groups is 3. The normalized spacial score (nSPS) is 18.9. The maximum atomic E-state index is 11.6. The lowest BCUT2D eigenvalue weighted by Crippen LogP contribution is -2.39. The van der Waals surface area contributed by atoms with Gasteiger partial charge >= 0.3 is 11.9 Å². The van der Waals surface area contributed by atoms with Crippen LogP contribution in [0.15, 0.2) is 30.3 Å². The molecule has 0 aromatic heterocycles. The van der Waals surface area contributed by atoms with E-state index >= 15 is 0 Å². The van der Waals surface area contributed by atoms with Gasteiger partial charge in [-0.15, -0.1) is 0 Å². The van der Waals surface area contributed by atoms with Crippen molar-refractivity contribution >= 4 is 17.8 Å². The number of rotatable bonds is 6. The third-order valence-electron chi connectivity index (χ3n) is 3.65. The van der Waals surface area contributed by atoms with Gasteiger partial charge < -0.3 is 31.1 Å².